The Morgan fingerprint density at radius 2 is 2.22 bits per heavy atom. The number of rotatable bonds is 4. The van der Waals surface area contributed by atoms with E-state index >= 15 is 0 Å². The molecule has 0 amide bonds. The van der Waals surface area contributed by atoms with Crippen LogP contribution in [-0.2, 0) is 0 Å². The summed E-state index contributed by atoms with van der Waals surface area (Å²) in [4.78, 5) is 0. The fraction of sp³-hybridized carbons (Fsp3) is 1.00. The molecule has 0 radical (unpaired) electrons. The zero-order valence-corrected chi connectivity index (χ0v) is 6.09. The molecular formula is C6H16N2O. The average Bonchev–Trinajstić information content (AvgIpc) is 1.90. The van der Waals surface area contributed by atoms with Crippen LogP contribution in [0, 0.1) is 0 Å². The average molecular weight is 132 g/mol. The van der Waals surface area contributed by atoms with Crippen LogP contribution in [0.15, 0.2) is 0 Å². The summed E-state index contributed by atoms with van der Waals surface area (Å²) in [6, 6.07) is 0.148. The third-order valence-corrected chi connectivity index (χ3v) is 1.52. The summed E-state index contributed by atoms with van der Waals surface area (Å²) in [6.07, 6.45) is 0.509. The molecule has 0 spiro atoms. The van der Waals surface area contributed by atoms with Crippen LogP contribution in [0.1, 0.15) is 13.3 Å². The highest BCUT2D eigenvalue weighted by atomic mass is 16.3. The minimum absolute atomic E-state index is 0.148. The molecule has 0 aliphatic carbocycles. The monoisotopic (exact) mass is 132 g/mol. The first-order valence-electron chi connectivity index (χ1n) is 3.31. The SMILES string of the molecule is CC[C@H](NC)C(O)CN. The standard InChI is InChI=1S/C6H16N2O/c1-3-5(8-2)6(9)4-7/h5-6,8-9H,3-4,7H2,1-2H3/t5-,6?/m0/s1. The lowest BCUT2D eigenvalue weighted by atomic mass is 10.1. The van der Waals surface area contributed by atoms with Gasteiger partial charge < -0.3 is 16.2 Å². The van der Waals surface area contributed by atoms with Crippen LogP contribution in [0.2, 0.25) is 0 Å². The van der Waals surface area contributed by atoms with Crippen LogP contribution < -0.4 is 11.1 Å². The van der Waals surface area contributed by atoms with E-state index in [9.17, 15) is 0 Å². The van der Waals surface area contributed by atoms with Crippen LogP contribution in [0.3, 0.4) is 0 Å². The van der Waals surface area contributed by atoms with E-state index in [0.717, 1.165) is 6.42 Å². The highest BCUT2D eigenvalue weighted by Crippen LogP contribution is 1.94. The van der Waals surface area contributed by atoms with Crippen LogP contribution in [0.5, 0.6) is 0 Å². The third-order valence-electron chi connectivity index (χ3n) is 1.52. The van der Waals surface area contributed by atoms with E-state index in [0.29, 0.717) is 6.54 Å². The number of likely N-dealkylation sites (N-methyl/N-ethyl adjacent to an activating group) is 1. The van der Waals surface area contributed by atoms with E-state index < -0.39 is 6.10 Å². The highest BCUT2D eigenvalue weighted by Gasteiger charge is 2.11. The number of nitrogens with two attached hydrogens (primary N) is 1. The summed E-state index contributed by atoms with van der Waals surface area (Å²) in [5.41, 5.74) is 5.23. The van der Waals surface area contributed by atoms with Gasteiger partial charge in [-0.3, -0.25) is 0 Å². The molecule has 0 aliphatic heterocycles. The van der Waals surface area contributed by atoms with Gasteiger partial charge in [0, 0.05) is 12.6 Å². The normalized spacial score (nSPS) is 17.3. The molecule has 2 atom stereocenters. The first-order valence-corrected chi connectivity index (χ1v) is 3.31. The van der Waals surface area contributed by atoms with Gasteiger partial charge in [0.15, 0.2) is 0 Å². The molecule has 9 heavy (non-hydrogen) atoms. The minimum atomic E-state index is -0.403. The number of aliphatic hydroxyl groups is 1. The van der Waals surface area contributed by atoms with Crippen molar-refractivity contribution in [1.29, 1.82) is 0 Å². The van der Waals surface area contributed by atoms with Gasteiger partial charge in [-0.05, 0) is 13.5 Å². The van der Waals surface area contributed by atoms with Crippen LogP contribution in [0.4, 0.5) is 0 Å². The first-order chi connectivity index (χ1) is 4.26. The topological polar surface area (TPSA) is 58.3 Å². The van der Waals surface area contributed by atoms with Gasteiger partial charge in [-0.15, -0.1) is 0 Å². The van der Waals surface area contributed by atoms with Crippen LogP contribution in [-0.4, -0.2) is 30.8 Å². The Morgan fingerprint density at radius 3 is 2.33 bits per heavy atom. The van der Waals surface area contributed by atoms with Gasteiger partial charge in [-0.25, -0.2) is 0 Å². The molecule has 0 bridgehead atoms. The van der Waals surface area contributed by atoms with E-state index in [1.165, 1.54) is 0 Å². The quantitative estimate of drug-likeness (QED) is 0.474. The Kier molecular flexibility index (Phi) is 4.67. The van der Waals surface area contributed by atoms with Crippen molar-refractivity contribution in [3.05, 3.63) is 0 Å². The summed E-state index contributed by atoms with van der Waals surface area (Å²) in [5, 5.41) is 12.1. The van der Waals surface area contributed by atoms with Crippen LogP contribution >= 0.6 is 0 Å². The van der Waals surface area contributed by atoms with E-state index in [1.807, 2.05) is 14.0 Å². The van der Waals surface area contributed by atoms with Crippen molar-refractivity contribution in [2.24, 2.45) is 5.73 Å². The number of aliphatic hydroxyl groups excluding tert-OH is 1. The summed E-state index contributed by atoms with van der Waals surface area (Å²) in [5.74, 6) is 0. The van der Waals surface area contributed by atoms with E-state index in [2.05, 4.69) is 5.32 Å². The number of hydrogen-bond donors (Lipinski definition) is 3. The van der Waals surface area contributed by atoms with Crippen molar-refractivity contribution in [2.45, 2.75) is 25.5 Å². The summed E-state index contributed by atoms with van der Waals surface area (Å²) >= 11 is 0. The molecule has 0 heterocycles. The molecule has 1 unspecified atom stereocenters. The van der Waals surface area contributed by atoms with E-state index in [1.54, 1.807) is 0 Å². The van der Waals surface area contributed by atoms with E-state index in [4.69, 9.17) is 10.8 Å². The van der Waals surface area contributed by atoms with Crippen molar-refractivity contribution in [1.82, 2.24) is 5.32 Å². The Labute approximate surface area is 56.2 Å². The van der Waals surface area contributed by atoms with Gasteiger partial charge >= 0.3 is 0 Å². The van der Waals surface area contributed by atoms with Crippen molar-refractivity contribution in [3.63, 3.8) is 0 Å². The molecule has 0 saturated carbocycles. The van der Waals surface area contributed by atoms with Gasteiger partial charge in [0.1, 0.15) is 0 Å². The van der Waals surface area contributed by atoms with Crippen molar-refractivity contribution < 1.29 is 5.11 Å². The fourth-order valence-corrected chi connectivity index (χ4v) is 0.833. The minimum Gasteiger partial charge on any atom is -0.390 e. The molecule has 3 heteroatoms. The number of nitrogens with one attached hydrogen (secondary N) is 1. The predicted molar refractivity (Wildman–Crippen MR) is 38.2 cm³/mol. The molecule has 0 aliphatic rings. The zero-order chi connectivity index (χ0) is 7.28. The second-order valence-corrected chi connectivity index (χ2v) is 2.11. The Hall–Kier alpha value is -0.120. The molecule has 56 valence electrons. The molecule has 0 saturated heterocycles. The number of hydrogen-bond acceptors (Lipinski definition) is 3. The lowest BCUT2D eigenvalue weighted by molar-refractivity contribution is 0.136. The predicted octanol–water partition coefficient (Wildman–Crippen LogP) is -0.696. The summed E-state index contributed by atoms with van der Waals surface area (Å²) < 4.78 is 0. The Bertz CT molecular complexity index is 64.1. The smallest absolute Gasteiger partial charge is 0.0814 e. The Balaban J connectivity index is 3.50. The maximum absolute atomic E-state index is 9.13. The van der Waals surface area contributed by atoms with E-state index in [-0.39, 0.29) is 6.04 Å². The van der Waals surface area contributed by atoms with Gasteiger partial charge in [-0.2, -0.15) is 0 Å². The second kappa shape index (κ2) is 4.73. The van der Waals surface area contributed by atoms with Crippen molar-refractivity contribution in [3.8, 4) is 0 Å². The Morgan fingerprint density at radius 1 is 1.67 bits per heavy atom. The van der Waals surface area contributed by atoms with Gasteiger partial charge in [0.2, 0.25) is 0 Å². The zero-order valence-electron chi connectivity index (χ0n) is 6.09. The molecule has 0 fully saturated rings. The van der Waals surface area contributed by atoms with Crippen LogP contribution in [0.25, 0.3) is 0 Å². The largest absolute Gasteiger partial charge is 0.390 e. The molecule has 3 nitrogen and oxygen atoms in total. The molecule has 0 aromatic heterocycles. The summed E-state index contributed by atoms with van der Waals surface area (Å²) in [6.45, 7) is 2.35. The molecule has 4 N–H and O–H groups in total. The first kappa shape index (κ1) is 8.88. The molecule has 0 rings (SSSR count). The fourth-order valence-electron chi connectivity index (χ4n) is 0.833. The van der Waals surface area contributed by atoms with Crippen molar-refractivity contribution in [2.75, 3.05) is 13.6 Å². The van der Waals surface area contributed by atoms with Crippen molar-refractivity contribution >= 4 is 0 Å². The highest BCUT2D eigenvalue weighted by molar-refractivity contribution is 4.72. The maximum atomic E-state index is 9.13. The lowest BCUT2D eigenvalue weighted by Crippen LogP contribution is -2.41. The summed E-state index contributed by atoms with van der Waals surface area (Å²) in [7, 11) is 1.83. The molecule has 0 aromatic rings. The lowest BCUT2D eigenvalue weighted by Gasteiger charge is -2.18. The van der Waals surface area contributed by atoms with Gasteiger partial charge in [0.05, 0.1) is 6.10 Å². The molecule has 0 aromatic carbocycles. The van der Waals surface area contributed by atoms with Gasteiger partial charge in [-0.1, -0.05) is 6.92 Å². The molecular weight excluding hydrogens is 116 g/mol. The maximum Gasteiger partial charge on any atom is 0.0814 e. The second-order valence-electron chi connectivity index (χ2n) is 2.11. The third kappa shape index (κ3) is 2.79. The van der Waals surface area contributed by atoms with Gasteiger partial charge in [0.25, 0.3) is 0 Å².